The fourth-order valence-corrected chi connectivity index (χ4v) is 5.85. The summed E-state index contributed by atoms with van der Waals surface area (Å²) in [6.45, 7) is 3.71. The summed E-state index contributed by atoms with van der Waals surface area (Å²) in [4.78, 5) is 0. The van der Waals surface area contributed by atoms with Crippen LogP contribution in [0.15, 0.2) is 48.6 Å². The number of allylic oxidation sites excluding steroid dienone is 2. The maximum atomic E-state index is 14.3. The molecule has 0 bridgehead atoms. The van der Waals surface area contributed by atoms with Gasteiger partial charge in [0.2, 0.25) is 0 Å². The highest BCUT2D eigenvalue weighted by Gasteiger charge is 2.35. The molecule has 2 aliphatic rings. The van der Waals surface area contributed by atoms with E-state index >= 15 is 0 Å². The summed E-state index contributed by atoms with van der Waals surface area (Å²) in [7, 11) is 0. The van der Waals surface area contributed by atoms with Crippen LogP contribution in [0.25, 0.3) is 11.1 Å². The van der Waals surface area contributed by atoms with Gasteiger partial charge in [-0.05, 0) is 99.2 Å². The number of rotatable bonds is 5. The first-order valence-electron chi connectivity index (χ1n) is 11.7. The summed E-state index contributed by atoms with van der Waals surface area (Å²) in [6, 6.07) is 11.5. The van der Waals surface area contributed by atoms with E-state index in [1.165, 1.54) is 56.9 Å². The first-order valence-corrected chi connectivity index (χ1v) is 11.7. The van der Waals surface area contributed by atoms with Crippen LogP contribution in [0.2, 0.25) is 0 Å². The molecule has 4 rings (SSSR count). The van der Waals surface area contributed by atoms with Gasteiger partial charge in [-0.3, -0.25) is 0 Å². The Bertz CT molecular complexity index is 880. The highest BCUT2D eigenvalue weighted by Crippen LogP contribution is 2.48. The van der Waals surface area contributed by atoms with Crippen LogP contribution in [-0.4, -0.2) is 0 Å². The van der Waals surface area contributed by atoms with E-state index in [0.29, 0.717) is 17.0 Å². The zero-order valence-electron chi connectivity index (χ0n) is 18.3. The molecule has 4 atom stereocenters. The van der Waals surface area contributed by atoms with Crippen molar-refractivity contribution in [3.63, 3.8) is 0 Å². The lowest BCUT2D eigenvalue weighted by atomic mass is 9.63. The maximum Gasteiger partial charge on any atom is 0.166 e. The quantitative estimate of drug-likeness (QED) is 0.434. The van der Waals surface area contributed by atoms with Gasteiger partial charge in [0.15, 0.2) is 11.6 Å². The first-order chi connectivity index (χ1) is 14.6. The van der Waals surface area contributed by atoms with Gasteiger partial charge >= 0.3 is 0 Å². The van der Waals surface area contributed by atoms with Crippen LogP contribution >= 0.6 is 0 Å². The highest BCUT2D eigenvalue weighted by atomic mass is 19.2. The second-order valence-electron chi connectivity index (χ2n) is 9.54. The van der Waals surface area contributed by atoms with Crippen molar-refractivity contribution in [2.75, 3.05) is 0 Å². The highest BCUT2D eigenvalue weighted by molar-refractivity contribution is 5.65. The van der Waals surface area contributed by atoms with E-state index in [-0.39, 0.29) is 0 Å². The SMILES string of the molecule is C/C=C/CCC1CCC2CC(c3ccc(-c4ccc(C)c(F)c4F)cc3)CCC2C1. The Morgan fingerprint density at radius 1 is 0.867 bits per heavy atom. The van der Waals surface area contributed by atoms with E-state index in [9.17, 15) is 8.78 Å². The average Bonchev–Trinajstić information content (AvgIpc) is 2.78. The van der Waals surface area contributed by atoms with Gasteiger partial charge in [-0.1, -0.05) is 55.0 Å². The van der Waals surface area contributed by atoms with E-state index in [4.69, 9.17) is 0 Å². The van der Waals surface area contributed by atoms with Gasteiger partial charge in [-0.25, -0.2) is 8.78 Å². The van der Waals surface area contributed by atoms with E-state index in [2.05, 4.69) is 31.2 Å². The van der Waals surface area contributed by atoms with Crippen molar-refractivity contribution in [2.24, 2.45) is 17.8 Å². The zero-order valence-corrected chi connectivity index (χ0v) is 18.3. The Balaban J connectivity index is 1.39. The van der Waals surface area contributed by atoms with Crippen LogP contribution in [0.5, 0.6) is 0 Å². The van der Waals surface area contributed by atoms with Gasteiger partial charge in [0, 0.05) is 5.56 Å². The lowest BCUT2D eigenvalue weighted by Crippen LogP contribution is -2.30. The van der Waals surface area contributed by atoms with Crippen molar-refractivity contribution in [2.45, 2.75) is 71.1 Å². The molecule has 2 aromatic carbocycles. The fraction of sp³-hybridized carbons (Fsp3) is 0.500. The molecule has 2 aliphatic carbocycles. The van der Waals surface area contributed by atoms with Crippen molar-refractivity contribution in [1.29, 1.82) is 0 Å². The molecule has 4 unspecified atom stereocenters. The number of halogens is 2. The van der Waals surface area contributed by atoms with E-state index in [0.717, 1.165) is 23.3 Å². The third-order valence-electron chi connectivity index (χ3n) is 7.67. The average molecular weight is 409 g/mol. The van der Waals surface area contributed by atoms with Crippen LogP contribution in [0.4, 0.5) is 8.78 Å². The predicted octanol–water partition coefficient (Wildman–Crippen LogP) is 8.60. The molecule has 0 saturated heterocycles. The van der Waals surface area contributed by atoms with Crippen LogP contribution in [-0.2, 0) is 0 Å². The lowest BCUT2D eigenvalue weighted by Gasteiger charge is -2.42. The summed E-state index contributed by atoms with van der Waals surface area (Å²) in [5, 5.41) is 0. The van der Waals surface area contributed by atoms with E-state index in [1.807, 2.05) is 12.1 Å². The second kappa shape index (κ2) is 9.45. The lowest BCUT2D eigenvalue weighted by molar-refractivity contribution is 0.115. The van der Waals surface area contributed by atoms with Crippen LogP contribution < -0.4 is 0 Å². The van der Waals surface area contributed by atoms with Gasteiger partial charge in [-0.15, -0.1) is 0 Å². The number of hydrogen-bond acceptors (Lipinski definition) is 0. The molecule has 30 heavy (non-hydrogen) atoms. The minimum atomic E-state index is -0.741. The molecule has 0 amide bonds. The van der Waals surface area contributed by atoms with Crippen molar-refractivity contribution in [3.05, 3.63) is 71.3 Å². The third kappa shape index (κ3) is 4.53. The molecule has 2 fully saturated rings. The van der Waals surface area contributed by atoms with Crippen LogP contribution in [0, 0.1) is 36.3 Å². The van der Waals surface area contributed by atoms with Crippen molar-refractivity contribution in [1.82, 2.24) is 0 Å². The van der Waals surface area contributed by atoms with Gasteiger partial charge in [-0.2, -0.15) is 0 Å². The predicted molar refractivity (Wildman–Crippen MR) is 121 cm³/mol. The summed E-state index contributed by atoms with van der Waals surface area (Å²) in [5.41, 5.74) is 2.82. The Morgan fingerprint density at radius 3 is 2.37 bits per heavy atom. The molecule has 0 aromatic heterocycles. The normalized spacial score (nSPS) is 26.7. The Kier molecular flexibility index (Phi) is 6.71. The standard InChI is InChI=1S/C28H34F2/c1-3-4-5-6-20-8-9-25-18-24(15-14-23(25)17-20)21-10-12-22(13-11-21)26-16-7-19(2)27(29)28(26)30/h3-4,7,10-13,16,20,23-25H,5-6,8-9,14-15,17-18H2,1-2H3/b4-3+. The smallest absolute Gasteiger partial charge is 0.166 e. The fourth-order valence-electron chi connectivity index (χ4n) is 5.85. The minimum absolute atomic E-state index is 0.348. The van der Waals surface area contributed by atoms with E-state index in [1.54, 1.807) is 19.1 Å². The number of benzene rings is 2. The first kappa shape index (κ1) is 21.3. The summed E-state index contributed by atoms with van der Waals surface area (Å²) >= 11 is 0. The molecule has 0 aliphatic heterocycles. The molecule has 160 valence electrons. The third-order valence-corrected chi connectivity index (χ3v) is 7.67. The monoisotopic (exact) mass is 408 g/mol. The molecule has 2 heteroatoms. The Hall–Kier alpha value is -1.96. The Labute approximate surface area is 180 Å². The topological polar surface area (TPSA) is 0 Å². The van der Waals surface area contributed by atoms with Gasteiger partial charge in [0.25, 0.3) is 0 Å². The molecule has 0 N–H and O–H groups in total. The number of aryl methyl sites for hydroxylation is 1. The van der Waals surface area contributed by atoms with Gasteiger partial charge in [0.05, 0.1) is 0 Å². The zero-order chi connectivity index (χ0) is 21.1. The molecule has 2 saturated carbocycles. The largest absolute Gasteiger partial charge is 0.203 e. The number of fused-ring (bicyclic) bond motifs is 1. The molecule has 0 nitrogen and oxygen atoms in total. The van der Waals surface area contributed by atoms with Crippen molar-refractivity contribution >= 4 is 0 Å². The number of hydrogen-bond donors (Lipinski definition) is 0. The van der Waals surface area contributed by atoms with Crippen LogP contribution in [0.1, 0.15) is 75.3 Å². The summed E-state index contributed by atoms with van der Waals surface area (Å²) in [5.74, 6) is 1.83. The molecule has 0 radical (unpaired) electrons. The molecule has 0 heterocycles. The van der Waals surface area contributed by atoms with Gasteiger partial charge in [0.1, 0.15) is 0 Å². The second-order valence-corrected chi connectivity index (χ2v) is 9.54. The van der Waals surface area contributed by atoms with Gasteiger partial charge < -0.3 is 0 Å². The Morgan fingerprint density at radius 2 is 1.60 bits per heavy atom. The van der Waals surface area contributed by atoms with Crippen molar-refractivity contribution in [3.8, 4) is 11.1 Å². The maximum absolute atomic E-state index is 14.3. The van der Waals surface area contributed by atoms with Crippen LogP contribution in [0.3, 0.4) is 0 Å². The minimum Gasteiger partial charge on any atom is -0.203 e. The molecular weight excluding hydrogens is 374 g/mol. The summed E-state index contributed by atoms with van der Waals surface area (Å²) in [6.07, 6.45) is 15.2. The van der Waals surface area contributed by atoms with Crippen molar-refractivity contribution < 1.29 is 8.78 Å². The van der Waals surface area contributed by atoms with E-state index < -0.39 is 11.6 Å². The summed E-state index contributed by atoms with van der Waals surface area (Å²) < 4.78 is 28.3. The molecule has 0 spiro atoms. The molecule has 2 aromatic rings. The molecular formula is C28H34F2.